The van der Waals surface area contributed by atoms with Gasteiger partial charge in [-0.1, -0.05) is 30.3 Å². The number of hydrogen-bond donors (Lipinski definition) is 3. The van der Waals surface area contributed by atoms with Gasteiger partial charge in [0.05, 0.1) is 18.8 Å². The zero-order chi connectivity index (χ0) is 18.3. The number of aliphatic hydroxyl groups excluding tert-OH is 2. The molecule has 0 aliphatic rings. The molecule has 0 atom stereocenters. The fourth-order valence-electron chi connectivity index (χ4n) is 3.67. The third-order valence-electron chi connectivity index (χ3n) is 5.39. The topological polar surface area (TPSA) is 57.4 Å². The van der Waals surface area contributed by atoms with Crippen LogP contribution in [0.1, 0.15) is 12.5 Å². The molecule has 0 unspecified atom stereocenters. The molecule has 4 rings (SSSR count). The molecular formula is C22H24N2O2. The molecule has 0 aliphatic heterocycles. The molecule has 0 radical (unpaired) electrons. The number of aromatic nitrogens is 1. The van der Waals surface area contributed by atoms with Gasteiger partial charge in [-0.25, -0.2) is 0 Å². The number of nitrogens with one attached hydrogen (secondary N) is 1. The molecule has 0 bridgehead atoms. The molecule has 26 heavy (non-hydrogen) atoms. The minimum Gasteiger partial charge on any atom is -0.394 e. The van der Waals surface area contributed by atoms with Crippen LogP contribution < -0.4 is 5.32 Å². The van der Waals surface area contributed by atoms with Gasteiger partial charge < -0.3 is 20.1 Å². The Hall–Kier alpha value is -2.40. The van der Waals surface area contributed by atoms with Gasteiger partial charge in [0, 0.05) is 30.7 Å². The second-order valence-corrected chi connectivity index (χ2v) is 7.33. The van der Waals surface area contributed by atoms with E-state index in [1.165, 1.54) is 38.0 Å². The van der Waals surface area contributed by atoms with Crippen molar-refractivity contribution in [1.82, 2.24) is 9.88 Å². The molecule has 0 saturated heterocycles. The van der Waals surface area contributed by atoms with Gasteiger partial charge in [0.25, 0.3) is 0 Å². The van der Waals surface area contributed by atoms with Crippen molar-refractivity contribution in [2.45, 2.75) is 19.0 Å². The zero-order valence-corrected chi connectivity index (χ0v) is 15.2. The van der Waals surface area contributed by atoms with E-state index >= 15 is 0 Å². The quantitative estimate of drug-likeness (QED) is 0.485. The summed E-state index contributed by atoms with van der Waals surface area (Å²) in [6.45, 7) is 2.17. The molecule has 3 N–H and O–H groups in total. The molecule has 0 amide bonds. The molecule has 1 heterocycles. The summed E-state index contributed by atoms with van der Waals surface area (Å²) in [6, 6.07) is 17.1. The fourth-order valence-corrected chi connectivity index (χ4v) is 3.67. The highest BCUT2D eigenvalue weighted by Crippen LogP contribution is 2.34. The molecule has 4 heteroatoms. The highest BCUT2D eigenvalue weighted by molar-refractivity contribution is 6.14. The molecule has 134 valence electrons. The number of benzene rings is 3. The van der Waals surface area contributed by atoms with Gasteiger partial charge in [-0.2, -0.15) is 0 Å². The summed E-state index contributed by atoms with van der Waals surface area (Å²) < 4.78 is 2.13. The van der Waals surface area contributed by atoms with E-state index in [9.17, 15) is 10.2 Å². The maximum absolute atomic E-state index is 9.64. The first-order valence-electron chi connectivity index (χ1n) is 8.91. The van der Waals surface area contributed by atoms with E-state index in [1.807, 2.05) is 6.92 Å². The highest BCUT2D eigenvalue weighted by Gasteiger charge is 2.22. The number of hydrogen-bond acceptors (Lipinski definition) is 3. The maximum Gasteiger partial charge on any atom is 0.0633 e. The minimum absolute atomic E-state index is 0.118. The van der Waals surface area contributed by atoms with Crippen LogP contribution in [0.3, 0.4) is 0 Å². The summed E-state index contributed by atoms with van der Waals surface area (Å²) in [5.74, 6) is 0. The Morgan fingerprint density at radius 1 is 0.962 bits per heavy atom. The zero-order valence-electron chi connectivity index (χ0n) is 15.2. The fraction of sp³-hybridized carbons (Fsp3) is 0.273. The predicted octanol–water partition coefficient (Wildman–Crippen LogP) is 3.32. The molecule has 0 fully saturated rings. The Kier molecular flexibility index (Phi) is 4.19. The van der Waals surface area contributed by atoms with E-state index in [1.54, 1.807) is 0 Å². The van der Waals surface area contributed by atoms with Crippen LogP contribution in [0.5, 0.6) is 0 Å². The highest BCUT2D eigenvalue weighted by atomic mass is 16.3. The summed E-state index contributed by atoms with van der Waals surface area (Å²) in [5.41, 5.74) is 1.68. The lowest BCUT2D eigenvalue weighted by atomic mass is 9.93. The van der Waals surface area contributed by atoms with E-state index < -0.39 is 5.54 Å². The van der Waals surface area contributed by atoms with Crippen molar-refractivity contribution >= 4 is 32.4 Å². The van der Waals surface area contributed by atoms with Crippen molar-refractivity contribution in [2.24, 2.45) is 7.05 Å². The van der Waals surface area contributed by atoms with Crippen molar-refractivity contribution in [3.8, 4) is 0 Å². The Morgan fingerprint density at radius 2 is 1.73 bits per heavy atom. The largest absolute Gasteiger partial charge is 0.394 e. The van der Waals surface area contributed by atoms with Gasteiger partial charge in [0.1, 0.15) is 0 Å². The van der Waals surface area contributed by atoms with Crippen LogP contribution >= 0.6 is 0 Å². The van der Waals surface area contributed by atoms with E-state index in [0.717, 1.165) is 0 Å². The van der Waals surface area contributed by atoms with Crippen molar-refractivity contribution in [3.05, 3.63) is 60.3 Å². The smallest absolute Gasteiger partial charge is 0.0633 e. The predicted molar refractivity (Wildman–Crippen MR) is 107 cm³/mol. The maximum atomic E-state index is 9.64. The van der Waals surface area contributed by atoms with E-state index in [-0.39, 0.29) is 13.2 Å². The van der Waals surface area contributed by atoms with Crippen LogP contribution in [0, 0.1) is 0 Å². The minimum atomic E-state index is -0.714. The number of aryl methyl sites for hydroxylation is 1. The molecule has 4 nitrogen and oxygen atoms in total. The van der Waals surface area contributed by atoms with Gasteiger partial charge in [0.2, 0.25) is 0 Å². The lowest BCUT2D eigenvalue weighted by Gasteiger charge is -2.27. The van der Waals surface area contributed by atoms with Crippen LogP contribution in [0.2, 0.25) is 0 Å². The summed E-state index contributed by atoms with van der Waals surface area (Å²) in [4.78, 5) is 0. The number of rotatable bonds is 5. The van der Waals surface area contributed by atoms with E-state index in [2.05, 4.69) is 71.7 Å². The first-order valence-corrected chi connectivity index (χ1v) is 8.91. The second kappa shape index (κ2) is 6.40. The molecule has 0 saturated carbocycles. The van der Waals surface area contributed by atoms with Crippen LogP contribution in [-0.4, -0.2) is 33.5 Å². The van der Waals surface area contributed by atoms with Crippen molar-refractivity contribution in [1.29, 1.82) is 0 Å². The lowest BCUT2D eigenvalue weighted by molar-refractivity contribution is 0.103. The summed E-state index contributed by atoms with van der Waals surface area (Å²) in [6.07, 6.45) is 2.09. The van der Waals surface area contributed by atoms with Crippen molar-refractivity contribution in [2.75, 3.05) is 13.2 Å². The third kappa shape index (κ3) is 2.67. The van der Waals surface area contributed by atoms with E-state index in [4.69, 9.17) is 0 Å². The number of aliphatic hydroxyl groups is 2. The average molecular weight is 348 g/mol. The van der Waals surface area contributed by atoms with Crippen LogP contribution in [0.25, 0.3) is 32.4 Å². The van der Waals surface area contributed by atoms with Crippen molar-refractivity contribution in [3.63, 3.8) is 0 Å². The van der Waals surface area contributed by atoms with Crippen LogP contribution in [0.4, 0.5) is 0 Å². The summed E-state index contributed by atoms with van der Waals surface area (Å²) in [5, 5.41) is 28.7. The molecule has 3 aromatic carbocycles. The molecular weight excluding hydrogens is 324 g/mol. The Morgan fingerprint density at radius 3 is 2.50 bits per heavy atom. The second-order valence-electron chi connectivity index (χ2n) is 7.33. The normalized spacial score (nSPS) is 12.5. The SMILES string of the molecule is Cn1ccc2c3c(CNC(C)(CO)CO)c4ccccc4cc3ccc21. The standard InChI is InChI=1S/C22H24N2O2/c1-22(13-25,14-26)23-12-19-17-6-4-3-5-15(17)11-16-7-8-20-18(21(16)19)9-10-24(20)2/h3-11,23,25-26H,12-14H2,1-2H3. The summed E-state index contributed by atoms with van der Waals surface area (Å²) >= 11 is 0. The van der Waals surface area contributed by atoms with Crippen molar-refractivity contribution < 1.29 is 10.2 Å². The monoisotopic (exact) mass is 348 g/mol. The van der Waals surface area contributed by atoms with E-state index in [0.29, 0.717) is 6.54 Å². The molecule has 0 spiro atoms. The molecule has 4 aromatic rings. The summed E-state index contributed by atoms with van der Waals surface area (Å²) in [7, 11) is 2.06. The van der Waals surface area contributed by atoms with Gasteiger partial charge in [-0.05, 0) is 52.2 Å². The van der Waals surface area contributed by atoms with Crippen LogP contribution in [0.15, 0.2) is 54.7 Å². The van der Waals surface area contributed by atoms with Crippen LogP contribution in [-0.2, 0) is 13.6 Å². The van der Waals surface area contributed by atoms with Gasteiger partial charge in [0.15, 0.2) is 0 Å². The molecule has 0 aliphatic carbocycles. The Balaban J connectivity index is 2.00. The Bertz CT molecular complexity index is 1090. The third-order valence-corrected chi connectivity index (χ3v) is 5.39. The van der Waals surface area contributed by atoms with Gasteiger partial charge in [-0.3, -0.25) is 0 Å². The van der Waals surface area contributed by atoms with Gasteiger partial charge in [-0.15, -0.1) is 0 Å². The first kappa shape index (κ1) is 17.0. The average Bonchev–Trinajstić information content (AvgIpc) is 3.06. The number of nitrogens with zero attached hydrogens (tertiary/aromatic N) is 1. The lowest BCUT2D eigenvalue weighted by Crippen LogP contribution is -2.48. The Labute approximate surface area is 152 Å². The first-order chi connectivity index (χ1) is 12.6. The van der Waals surface area contributed by atoms with Gasteiger partial charge >= 0.3 is 0 Å². The molecule has 1 aromatic heterocycles. The number of fused-ring (bicyclic) bond motifs is 4.